The molecule has 0 aromatic heterocycles. The number of rotatable bonds is 4. The summed E-state index contributed by atoms with van der Waals surface area (Å²) in [6.45, 7) is 3.64. The van der Waals surface area contributed by atoms with Gasteiger partial charge >= 0.3 is 0 Å². The zero-order valence-electron chi connectivity index (χ0n) is 13.3. The van der Waals surface area contributed by atoms with Crippen molar-refractivity contribution in [1.29, 1.82) is 0 Å². The van der Waals surface area contributed by atoms with Crippen LogP contribution >= 0.6 is 0 Å². The molecule has 0 radical (unpaired) electrons. The minimum Gasteiger partial charge on any atom is -0.391 e. The third kappa shape index (κ3) is 2.32. The molecule has 1 amide bonds. The molecule has 118 valence electrons. The molecule has 0 spiro atoms. The molecule has 4 bridgehead atoms. The van der Waals surface area contributed by atoms with Gasteiger partial charge in [0.05, 0.1) is 6.10 Å². The molecule has 3 nitrogen and oxygen atoms in total. The van der Waals surface area contributed by atoms with Gasteiger partial charge in [0.2, 0.25) is 5.91 Å². The lowest BCUT2D eigenvalue weighted by molar-refractivity contribution is -0.140. The minimum atomic E-state index is -0.287. The van der Waals surface area contributed by atoms with Gasteiger partial charge in [-0.15, -0.1) is 0 Å². The summed E-state index contributed by atoms with van der Waals surface area (Å²) < 4.78 is 0. The molecular formula is C18H29NO2. The molecule has 1 heterocycles. The zero-order valence-corrected chi connectivity index (χ0v) is 13.3. The predicted molar refractivity (Wildman–Crippen MR) is 81.6 cm³/mol. The number of aliphatic hydroxyl groups is 1. The average molecular weight is 291 g/mol. The molecule has 0 aromatic rings. The summed E-state index contributed by atoms with van der Waals surface area (Å²) >= 11 is 0. The number of carbonyl (C=O) groups is 1. The normalized spacial score (nSPS) is 46.4. The predicted octanol–water partition coefficient (Wildman–Crippen LogP) is 2.82. The number of hydrogen-bond donors (Lipinski definition) is 1. The van der Waals surface area contributed by atoms with Gasteiger partial charge in [-0.1, -0.05) is 13.3 Å². The van der Waals surface area contributed by atoms with Crippen LogP contribution in [0.4, 0.5) is 0 Å². The first-order chi connectivity index (χ1) is 10.1. The van der Waals surface area contributed by atoms with Gasteiger partial charge in [0, 0.05) is 19.5 Å². The Morgan fingerprint density at radius 1 is 1.19 bits per heavy atom. The molecule has 1 saturated heterocycles. The highest BCUT2D eigenvalue weighted by Crippen LogP contribution is 2.61. The first kappa shape index (κ1) is 14.0. The minimum absolute atomic E-state index is 0.152. The third-order valence-electron chi connectivity index (χ3n) is 7.06. The Balaban J connectivity index is 1.45. The van der Waals surface area contributed by atoms with Gasteiger partial charge in [-0.25, -0.2) is 0 Å². The number of β-amino-alcohol motifs (C(OH)–C–C–N with tert-alkyl or cyclic N) is 1. The lowest BCUT2D eigenvalue weighted by Crippen LogP contribution is -2.54. The molecule has 1 aliphatic heterocycles. The summed E-state index contributed by atoms with van der Waals surface area (Å²) in [4.78, 5) is 14.1. The maximum Gasteiger partial charge on any atom is 0.223 e. The summed E-state index contributed by atoms with van der Waals surface area (Å²) in [6.07, 6.45) is 9.38. The smallest absolute Gasteiger partial charge is 0.223 e. The summed E-state index contributed by atoms with van der Waals surface area (Å²) in [5.74, 6) is 3.38. The van der Waals surface area contributed by atoms with Crippen LogP contribution in [0.1, 0.15) is 58.3 Å². The van der Waals surface area contributed by atoms with Crippen molar-refractivity contribution in [3.63, 3.8) is 0 Å². The summed E-state index contributed by atoms with van der Waals surface area (Å²) in [7, 11) is 0. The lowest BCUT2D eigenvalue weighted by Gasteiger charge is -2.58. The van der Waals surface area contributed by atoms with Crippen molar-refractivity contribution >= 4 is 5.91 Å². The molecule has 5 aliphatic rings. The maximum absolute atomic E-state index is 12.1. The Kier molecular flexibility index (Phi) is 3.33. The summed E-state index contributed by atoms with van der Waals surface area (Å²) in [5.41, 5.74) is 0.152. The van der Waals surface area contributed by atoms with Gasteiger partial charge in [-0.3, -0.25) is 4.79 Å². The van der Waals surface area contributed by atoms with Crippen LogP contribution in [0.2, 0.25) is 0 Å². The lowest BCUT2D eigenvalue weighted by atomic mass is 9.48. The van der Waals surface area contributed by atoms with Crippen molar-refractivity contribution in [1.82, 2.24) is 4.90 Å². The van der Waals surface area contributed by atoms with Crippen molar-refractivity contribution in [2.24, 2.45) is 29.1 Å². The molecule has 4 aliphatic carbocycles. The molecule has 0 aromatic carbocycles. The van der Waals surface area contributed by atoms with Crippen molar-refractivity contribution in [2.45, 2.75) is 64.4 Å². The monoisotopic (exact) mass is 291 g/mol. The van der Waals surface area contributed by atoms with E-state index in [0.717, 1.165) is 30.7 Å². The van der Waals surface area contributed by atoms with Crippen LogP contribution in [0.15, 0.2) is 0 Å². The van der Waals surface area contributed by atoms with Crippen LogP contribution in [0.3, 0.4) is 0 Å². The van der Waals surface area contributed by atoms with Gasteiger partial charge in [0.25, 0.3) is 0 Å². The molecular weight excluding hydrogens is 262 g/mol. The maximum atomic E-state index is 12.1. The second-order valence-electron chi connectivity index (χ2n) is 8.57. The highest BCUT2D eigenvalue weighted by Gasteiger charge is 2.54. The summed E-state index contributed by atoms with van der Waals surface area (Å²) in [6, 6.07) is 0. The van der Waals surface area contributed by atoms with E-state index in [1.165, 1.54) is 38.5 Å². The van der Waals surface area contributed by atoms with E-state index >= 15 is 0 Å². The van der Waals surface area contributed by atoms with Crippen LogP contribution in [-0.2, 0) is 4.79 Å². The van der Waals surface area contributed by atoms with Crippen molar-refractivity contribution in [2.75, 3.05) is 13.1 Å². The first-order valence-electron chi connectivity index (χ1n) is 9.04. The zero-order chi connectivity index (χ0) is 14.6. The fraction of sp³-hybridized carbons (Fsp3) is 0.944. The fourth-order valence-electron chi connectivity index (χ4n) is 6.29. The van der Waals surface area contributed by atoms with Gasteiger partial charge in [-0.05, 0) is 67.6 Å². The first-order valence-corrected chi connectivity index (χ1v) is 9.04. The van der Waals surface area contributed by atoms with Crippen LogP contribution < -0.4 is 0 Å². The van der Waals surface area contributed by atoms with E-state index < -0.39 is 0 Å². The molecule has 5 fully saturated rings. The number of amides is 1. The highest BCUT2D eigenvalue weighted by atomic mass is 16.3. The fourth-order valence-corrected chi connectivity index (χ4v) is 6.29. The van der Waals surface area contributed by atoms with E-state index in [-0.39, 0.29) is 17.4 Å². The van der Waals surface area contributed by atoms with Crippen molar-refractivity contribution in [3.8, 4) is 0 Å². The number of nitrogens with zero attached hydrogens (tertiary/aromatic N) is 1. The Hall–Kier alpha value is -0.570. The number of hydrogen-bond acceptors (Lipinski definition) is 2. The Morgan fingerprint density at radius 3 is 2.24 bits per heavy atom. The van der Waals surface area contributed by atoms with Crippen LogP contribution in [-0.4, -0.2) is 35.1 Å². The van der Waals surface area contributed by atoms with E-state index in [0.29, 0.717) is 18.9 Å². The SMILES string of the molecule is CCC1CC(=O)N(CC(O)C23CC4CC(CC(C4)C2)C3)C1. The van der Waals surface area contributed by atoms with Crippen LogP contribution in [0.5, 0.6) is 0 Å². The second-order valence-corrected chi connectivity index (χ2v) is 8.57. The van der Waals surface area contributed by atoms with E-state index in [9.17, 15) is 9.90 Å². The molecule has 21 heavy (non-hydrogen) atoms. The molecule has 2 atom stereocenters. The van der Waals surface area contributed by atoms with E-state index in [1.807, 2.05) is 4.90 Å². The Labute approximate surface area is 128 Å². The highest BCUT2D eigenvalue weighted by molar-refractivity contribution is 5.78. The van der Waals surface area contributed by atoms with E-state index in [4.69, 9.17) is 0 Å². The largest absolute Gasteiger partial charge is 0.391 e. The van der Waals surface area contributed by atoms with E-state index in [2.05, 4.69) is 6.92 Å². The van der Waals surface area contributed by atoms with Crippen LogP contribution in [0, 0.1) is 29.1 Å². The van der Waals surface area contributed by atoms with Gasteiger partial charge in [0.1, 0.15) is 0 Å². The number of carbonyl (C=O) groups excluding carboxylic acids is 1. The second kappa shape index (κ2) is 4.97. The van der Waals surface area contributed by atoms with Gasteiger partial charge in [-0.2, -0.15) is 0 Å². The third-order valence-corrected chi connectivity index (χ3v) is 7.06. The van der Waals surface area contributed by atoms with Crippen molar-refractivity contribution < 1.29 is 9.90 Å². The van der Waals surface area contributed by atoms with Gasteiger partial charge < -0.3 is 10.0 Å². The van der Waals surface area contributed by atoms with Crippen molar-refractivity contribution in [3.05, 3.63) is 0 Å². The molecule has 2 unspecified atom stereocenters. The summed E-state index contributed by atoms with van der Waals surface area (Å²) in [5, 5.41) is 11.0. The molecule has 4 saturated carbocycles. The standard InChI is InChI=1S/C18H29NO2/c1-2-12-6-17(21)19(10-12)11-16(20)18-7-13-3-14(8-18)5-15(4-13)9-18/h12-16,20H,2-11H2,1H3. The average Bonchev–Trinajstić information content (AvgIpc) is 2.78. The molecule has 5 rings (SSSR count). The Bertz CT molecular complexity index is 398. The van der Waals surface area contributed by atoms with Crippen LogP contribution in [0.25, 0.3) is 0 Å². The molecule has 3 heteroatoms. The van der Waals surface area contributed by atoms with Gasteiger partial charge in [0.15, 0.2) is 0 Å². The van der Waals surface area contributed by atoms with E-state index in [1.54, 1.807) is 0 Å². The molecule has 1 N–H and O–H groups in total. The number of aliphatic hydroxyl groups excluding tert-OH is 1. The quantitative estimate of drug-likeness (QED) is 0.865. The topological polar surface area (TPSA) is 40.5 Å². The number of likely N-dealkylation sites (tertiary alicyclic amines) is 1. The Morgan fingerprint density at radius 2 is 1.76 bits per heavy atom.